The number of carbonyl (C=O) groups is 2. The van der Waals surface area contributed by atoms with E-state index in [1.54, 1.807) is 29.2 Å². The van der Waals surface area contributed by atoms with Crippen molar-refractivity contribution in [3.8, 4) is 6.07 Å². The predicted octanol–water partition coefficient (Wildman–Crippen LogP) is 3.49. The second kappa shape index (κ2) is 10.3. The molecule has 1 atom stereocenters. The third-order valence-electron chi connectivity index (χ3n) is 5.47. The predicted molar refractivity (Wildman–Crippen MR) is 128 cm³/mol. The Labute approximate surface area is 201 Å². The number of rotatable bonds is 6. The fourth-order valence-electron chi connectivity index (χ4n) is 3.85. The molecule has 1 aliphatic carbocycles. The van der Waals surface area contributed by atoms with Gasteiger partial charge in [-0.15, -0.1) is 11.3 Å². The van der Waals surface area contributed by atoms with Crippen LogP contribution in [0.25, 0.3) is 6.08 Å². The monoisotopic (exact) mass is 476 g/mol. The summed E-state index contributed by atoms with van der Waals surface area (Å²) in [5.41, 5.74) is 3.98. The van der Waals surface area contributed by atoms with Crippen LogP contribution in [0, 0.1) is 18.3 Å². The molecule has 0 aliphatic heterocycles. The number of hydrogen-bond acceptors (Lipinski definition) is 7. The Morgan fingerprint density at radius 2 is 2.29 bits per heavy atom. The molecule has 2 N–H and O–H groups in total. The van der Waals surface area contributed by atoms with Crippen LogP contribution in [0.2, 0.25) is 0 Å². The normalized spacial score (nSPS) is 14.9. The maximum Gasteiger partial charge on any atom is 0.407 e. The Morgan fingerprint density at radius 1 is 1.44 bits per heavy atom. The topological polar surface area (TPSA) is 122 Å². The molecule has 174 valence electrons. The van der Waals surface area contributed by atoms with Crippen LogP contribution in [-0.4, -0.2) is 32.9 Å². The highest BCUT2D eigenvalue weighted by Gasteiger charge is 2.28. The van der Waals surface area contributed by atoms with Gasteiger partial charge in [-0.2, -0.15) is 10.4 Å². The summed E-state index contributed by atoms with van der Waals surface area (Å²) in [7, 11) is 1.83. The van der Waals surface area contributed by atoms with Crippen LogP contribution in [0.1, 0.15) is 39.4 Å². The Morgan fingerprint density at radius 3 is 3.00 bits per heavy atom. The SMILES string of the molecule is Cc1cc(CNC(=O)OC2CCc3c(sc(NC(=O)C=Cc4cccnc4)c3C#N)C2)n(C)n1. The van der Waals surface area contributed by atoms with E-state index in [1.807, 2.05) is 26.1 Å². The van der Waals surface area contributed by atoms with Crippen molar-refractivity contribution in [2.45, 2.75) is 38.8 Å². The molecule has 0 radical (unpaired) electrons. The zero-order chi connectivity index (χ0) is 24.1. The Bertz CT molecular complexity index is 1270. The summed E-state index contributed by atoms with van der Waals surface area (Å²) < 4.78 is 7.33. The maximum absolute atomic E-state index is 12.4. The van der Waals surface area contributed by atoms with Gasteiger partial charge in [0.15, 0.2) is 0 Å². The van der Waals surface area contributed by atoms with Gasteiger partial charge in [-0.05, 0) is 49.1 Å². The number of aromatic nitrogens is 3. The van der Waals surface area contributed by atoms with Gasteiger partial charge in [0.05, 0.1) is 23.5 Å². The molecule has 3 aromatic rings. The van der Waals surface area contributed by atoms with Crippen LogP contribution >= 0.6 is 11.3 Å². The molecule has 0 saturated carbocycles. The van der Waals surface area contributed by atoms with E-state index in [2.05, 4.69) is 26.8 Å². The van der Waals surface area contributed by atoms with Gasteiger partial charge in [0.25, 0.3) is 0 Å². The van der Waals surface area contributed by atoms with Gasteiger partial charge in [-0.25, -0.2) is 4.79 Å². The lowest BCUT2D eigenvalue weighted by Gasteiger charge is -2.22. The first-order chi connectivity index (χ1) is 16.4. The summed E-state index contributed by atoms with van der Waals surface area (Å²) in [5.74, 6) is -0.323. The van der Waals surface area contributed by atoms with Crippen molar-refractivity contribution in [3.05, 3.63) is 69.6 Å². The highest BCUT2D eigenvalue weighted by atomic mass is 32.1. The molecular formula is C24H24N6O3S. The van der Waals surface area contributed by atoms with E-state index in [0.29, 0.717) is 36.4 Å². The number of ether oxygens (including phenoxy) is 1. The van der Waals surface area contributed by atoms with Gasteiger partial charge in [0.2, 0.25) is 5.91 Å². The molecule has 34 heavy (non-hydrogen) atoms. The van der Waals surface area contributed by atoms with Gasteiger partial charge in [-0.1, -0.05) is 6.07 Å². The highest BCUT2D eigenvalue weighted by molar-refractivity contribution is 7.16. The van der Waals surface area contributed by atoms with Crippen molar-refractivity contribution in [2.24, 2.45) is 7.05 Å². The fourth-order valence-corrected chi connectivity index (χ4v) is 5.11. The highest BCUT2D eigenvalue weighted by Crippen LogP contribution is 2.38. The zero-order valence-electron chi connectivity index (χ0n) is 18.9. The van der Waals surface area contributed by atoms with Crippen LogP contribution in [0.5, 0.6) is 0 Å². The van der Waals surface area contributed by atoms with E-state index in [0.717, 1.165) is 27.4 Å². The average Bonchev–Trinajstić information content (AvgIpc) is 3.33. The number of nitrogens with one attached hydrogen (secondary N) is 2. The molecule has 9 nitrogen and oxygen atoms in total. The van der Waals surface area contributed by atoms with Crippen LogP contribution in [-0.2, 0) is 36.0 Å². The van der Waals surface area contributed by atoms with E-state index in [9.17, 15) is 14.9 Å². The number of aryl methyl sites for hydroxylation is 2. The summed E-state index contributed by atoms with van der Waals surface area (Å²) in [5, 5.41) is 20.0. The number of hydrogen-bond donors (Lipinski definition) is 2. The minimum absolute atomic E-state index is 0.292. The minimum Gasteiger partial charge on any atom is -0.446 e. The minimum atomic E-state index is -0.488. The van der Waals surface area contributed by atoms with Crippen molar-refractivity contribution in [2.75, 3.05) is 5.32 Å². The number of alkyl carbamates (subject to hydrolysis) is 1. The number of nitrogens with zero attached hydrogens (tertiary/aromatic N) is 4. The largest absolute Gasteiger partial charge is 0.446 e. The lowest BCUT2D eigenvalue weighted by Crippen LogP contribution is -2.32. The molecule has 3 aromatic heterocycles. The number of nitriles is 1. The Hall–Kier alpha value is -3.97. The quantitative estimate of drug-likeness (QED) is 0.525. The molecule has 10 heteroatoms. The lowest BCUT2D eigenvalue weighted by molar-refractivity contribution is -0.111. The van der Waals surface area contributed by atoms with Crippen molar-refractivity contribution >= 4 is 34.4 Å². The van der Waals surface area contributed by atoms with E-state index in [4.69, 9.17) is 4.74 Å². The van der Waals surface area contributed by atoms with Gasteiger partial charge < -0.3 is 15.4 Å². The number of amides is 2. The van der Waals surface area contributed by atoms with Crippen LogP contribution in [0.15, 0.2) is 36.7 Å². The van der Waals surface area contributed by atoms with E-state index < -0.39 is 6.09 Å². The Balaban J connectivity index is 1.36. The number of carbonyl (C=O) groups excluding carboxylic acids is 2. The average molecular weight is 477 g/mol. The maximum atomic E-state index is 12.4. The molecule has 4 rings (SSSR count). The smallest absolute Gasteiger partial charge is 0.407 e. The molecular weight excluding hydrogens is 452 g/mol. The first-order valence-electron chi connectivity index (χ1n) is 10.8. The molecule has 2 amide bonds. The van der Waals surface area contributed by atoms with Crippen LogP contribution in [0.4, 0.5) is 9.80 Å². The molecule has 0 saturated heterocycles. The van der Waals surface area contributed by atoms with Crippen molar-refractivity contribution < 1.29 is 14.3 Å². The second-order valence-electron chi connectivity index (χ2n) is 7.95. The number of pyridine rings is 1. The van der Waals surface area contributed by atoms with Gasteiger partial charge in [-0.3, -0.25) is 14.5 Å². The molecule has 1 unspecified atom stereocenters. The summed E-state index contributed by atoms with van der Waals surface area (Å²) in [6, 6.07) is 7.76. The number of fused-ring (bicyclic) bond motifs is 1. The summed E-state index contributed by atoms with van der Waals surface area (Å²) in [6.07, 6.45) is 7.35. The van der Waals surface area contributed by atoms with Gasteiger partial charge >= 0.3 is 6.09 Å². The summed E-state index contributed by atoms with van der Waals surface area (Å²) >= 11 is 1.36. The summed E-state index contributed by atoms with van der Waals surface area (Å²) in [4.78, 5) is 29.6. The van der Waals surface area contributed by atoms with Crippen LogP contribution < -0.4 is 10.6 Å². The number of thiophene rings is 1. The van der Waals surface area contributed by atoms with Gasteiger partial charge in [0.1, 0.15) is 17.2 Å². The molecule has 3 heterocycles. The number of anilines is 1. The van der Waals surface area contributed by atoms with Gasteiger partial charge in [0, 0.05) is 36.8 Å². The van der Waals surface area contributed by atoms with E-state index >= 15 is 0 Å². The second-order valence-corrected chi connectivity index (χ2v) is 9.06. The van der Waals surface area contributed by atoms with Crippen LogP contribution in [0.3, 0.4) is 0 Å². The first kappa shape index (κ1) is 23.2. The summed E-state index contributed by atoms with van der Waals surface area (Å²) in [6.45, 7) is 2.22. The molecule has 0 aromatic carbocycles. The first-order valence-corrected chi connectivity index (χ1v) is 11.6. The molecule has 1 aliphatic rings. The molecule has 0 spiro atoms. The third-order valence-corrected chi connectivity index (χ3v) is 6.64. The molecule has 0 bridgehead atoms. The fraction of sp³-hybridized carbons (Fsp3) is 0.292. The Kier molecular flexibility index (Phi) is 7.04. The van der Waals surface area contributed by atoms with E-state index in [-0.39, 0.29) is 12.0 Å². The van der Waals surface area contributed by atoms with Crippen molar-refractivity contribution in [3.63, 3.8) is 0 Å². The van der Waals surface area contributed by atoms with E-state index in [1.165, 1.54) is 17.4 Å². The zero-order valence-corrected chi connectivity index (χ0v) is 19.7. The van der Waals surface area contributed by atoms with Crippen molar-refractivity contribution in [1.82, 2.24) is 20.1 Å². The van der Waals surface area contributed by atoms with Crippen molar-refractivity contribution in [1.29, 1.82) is 5.26 Å². The third kappa shape index (κ3) is 5.50. The molecule has 0 fully saturated rings. The lowest BCUT2D eigenvalue weighted by atomic mass is 9.94. The standard InChI is InChI=1S/C24H24N6O3S/c1-15-10-17(30(2)29-15)14-27-24(32)33-18-6-7-19-20(12-25)23(34-21(19)11-18)28-22(31)8-5-16-4-3-9-26-13-16/h3-5,8-10,13,18H,6-7,11,14H2,1-2H3,(H,27,32)(H,28,31).